The Morgan fingerprint density at radius 2 is 1.29 bits per heavy atom. The molecule has 0 fully saturated rings. The van der Waals surface area contributed by atoms with Gasteiger partial charge in [0.25, 0.3) is 0 Å². The number of benzene rings is 1. The highest BCUT2D eigenvalue weighted by atomic mass is 19.2. The summed E-state index contributed by atoms with van der Waals surface area (Å²) < 4.78 is 65.4. The van der Waals surface area contributed by atoms with Gasteiger partial charge >= 0.3 is 0 Å². The number of halogens is 5. The van der Waals surface area contributed by atoms with Crippen LogP contribution in [-0.4, -0.2) is 0 Å². The van der Waals surface area contributed by atoms with E-state index in [1.54, 1.807) is 13.0 Å². The summed E-state index contributed by atoms with van der Waals surface area (Å²) in [5.41, 5.74) is -0.868. The number of hydrogen-bond acceptors (Lipinski definition) is 0. The minimum atomic E-state index is -2.14. The van der Waals surface area contributed by atoms with E-state index < -0.39 is 34.6 Å². The molecule has 5 heteroatoms. The molecule has 17 heavy (non-hydrogen) atoms. The molecular formula is C12H7F5. The molecule has 2 rings (SSSR count). The average Bonchev–Trinajstić information content (AvgIpc) is 2.71. The molecule has 0 aliphatic heterocycles. The van der Waals surface area contributed by atoms with E-state index in [1.165, 1.54) is 12.2 Å². The van der Waals surface area contributed by atoms with Gasteiger partial charge in [-0.25, -0.2) is 22.0 Å². The number of allylic oxidation sites excluding steroid dienone is 4. The van der Waals surface area contributed by atoms with Crippen molar-refractivity contribution >= 4 is 5.57 Å². The molecule has 0 radical (unpaired) electrons. The maximum Gasteiger partial charge on any atom is 0.200 e. The molecule has 1 aromatic carbocycles. The van der Waals surface area contributed by atoms with Gasteiger partial charge in [0.1, 0.15) is 0 Å². The minimum Gasteiger partial charge on any atom is -0.203 e. The molecule has 0 nitrogen and oxygen atoms in total. The van der Waals surface area contributed by atoms with Crippen LogP contribution in [0.4, 0.5) is 22.0 Å². The van der Waals surface area contributed by atoms with Crippen LogP contribution in [0.15, 0.2) is 18.2 Å². The third-order valence-electron chi connectivity index (χ3n) is 2.52. The van der Waals surface area contributed by atoms with Gasteiger partial charge in [-0.2, -0.15) is 0 Å². The van der Waals surface area contributed by atoms with Gasteiger partial charge in [0.05, 0.1) is 5.56 Å². The van der Waals surface area contributed by atoms with Crippen molar-refractivity contribution in [3.8, 4) is 0 Å². The van der Waals surface area contributed by atoms with Gasteiger partial charge in [0.15, 0.2) is 23.3 Å². The first-order valence-electron chi connectivity index (χ1n) is 4.85. The highest BCUT2D eigenvalue weighted by Crippen LogP contribution is 2.32. The maximum atomic E-state index is 13.4. The molecule has 0 saturated carbocycles. The van der Waals surface area contributed by atoms with Crippen LogP contribution in [0.3, 0.4) is 0 Å². The smallest absolute Gasteiger partial charge is 0.200 e. The summed E-state index contributed by atoms with van der Waals surface area (Å²) in [6, 6.07) is 0. The SMILES string of the molecule is CC1C=CC(c2c(F)c(F)c(F)c(F)c2F)=C1. The Bertz CT molecular complexity index is 513. The first-order chi connectivity index (χ1) is 7.93. The molecule has 90 valence electrons. The van der Waals surface area contributed by atoms with Crippen LogP contribution in [0.1, 0.15) is 12.5 Å². The molecule has 0 heterocycles. The van der Waals surface area contributed by atoms with Crippen LogP contribution in [0, 0.1) is 35.0 Å². The van der Waals surface area contributed by atoms with E-state index in [0.29, 0.717) is 0 Å². The summed E-state index contributed by atoms with van der Waals surface area (Å²) >= 11 is 0. The van der Waals surface area contributed by atoms with Crippen molar-refractivity contribution in [3.05, 3.63) is 52.9 Å². The van der Waals surface area contributed by atoms with E-state index in [-0.39, 0.29) is 11.5 Å². The van der Waals surface area contributed by atoms with E-state index in [2.05, 4.69) is 0 Å². The van der Waals surface area contributed by atoms with Crippen LogP contribution in [0.5, 0.6) is 0 Å². The zero-order valence-electron chi connectivity index (χ0n) is 8.70. The standard InChI is InChI=1S/C12H7F5/c1-5-2-3-6(4-5)7-8(13)10(15)12(17)11(16)9(7)14/h2-5H,1H3. The molecule has 1 aromatic rings. The summed E-state index contributed by atoms with van der Waals surface area (Å²) in [5.74, 6) is -9.68. The second-order valence-corrected chi connectivity index (χ2v) is 3.79. The van der Waals surface area contributed by atoms with E-state index in [0.717, 1.165) is 0 Å². The Hall–Kier alpha value is -1.65. The van der Waals surface area contributed by atoms with Crippen LogP contribution in [-0.2, 0) is 0 Å². The average molecular weight is 246 g/mol. The highest BCUT2D eigenvalue weighted by Gasteiger charge is 2.27. The van der Waals surface area contributed by atoms with E-state index in [4.69, 9.17) is 0 Å². The van der Waals surface area contributed by atoms with E-state index >= 15 is 0 Å². The van der Waals surface area contributed by atoms with Gasteiger partial charge in [-0.1, -0.05) is 25.2 Å². The third kappa shape index (κ3) is 1.75. The first-order valence-corrected chi connectivity index (χ1v) is 4.85. The summed E-state index contributed by atoms with van der Waals surface area (Å²) in [5, 5.41) is 0. The fraction of sp³-hybridized carbons (Fsp3) is 0.167. The minimum absolute atomic E-state index is 0.00491. The normalized spacial score (nSPS) is 18.7. The van der Waals surface area contributed by atoms with Gasteiger partial charge in [-0.15, -0.1) is 0 Å². The van der Waals surface area contributed by atoms with Crippen molar-refractivity contribution in [2.45, 2.75) is 6.92 Å². The lowest BCUT2D eigenvalue weighted by atomic mass is 10.0. The van der Waals surface area contributed by atoms with Crippen molar-refractivity contribution in [2.24, 2.45) is 5.92 Å². The summed E-state index contributed by atoms with van der Waals surface area (Å²) in [4.78, 5) is 0. The van der Waals surface area contributed by atoms with Gasteiger partial charge in [0.2, 0.25) is 5.82 Å². The Balaban J connectivity index is 2.71. The largest absolute Gasteiger partial charge is 0.203 e. The molecule has 1 aliphatic rings. The van der Waals surface area contributed by atoms with Gasteiger partial charge in [0, 0.05) is 0 Å². The zero-order valence-corrected chi connectivity index (χ0v) is 8.70. The Labute approximate surface area is 94.1 Å². The lowest BCUT2D eigenvalue weighted by molar-refractivity contribution is 0.376. The topological polar surface area (TPSA) is 0 Å². The fourth-order valence-electron chi connectivity index (χ4n) is 1.67. The van der Waals surface area contributed by atoms with Crippen molar-refractivity contribution < 1.29 is 22.0 Å². The summed E-state index contributed by atoms with van der Waals surface area (Å²) in [7, 11) is 0. The van der Waals surface area contributed by atoms with Crippen LogP contribution in [0.25, 0.3) is 5.57 Å². The van der Waals surface area contributed by atoms with Crippen molar-refractivity contribution in [3.63, 3.8) is 0 Å². The van der Waals surface area contributed by atoms with Crippen LogP contribution in [0.2, 0.25) is 0 Å². The monoisotopic (exact) mass is 246 g/mol. The predicted octanol–water partition coefficient (Wildman–Crippen LogP) is 3.97. The number of rotatable bonds is 1. The predicted molar refractivity (Wildman–Crippen MR) is 52.5 cm³/mol. The van der Waals surface area contributed by atoms with Crippen molar-refractivity contribution in [1.82, 2.24) is 0 Å². The Kier molecular flexibility index (Phi) is 2.77. The van der Waals surface area contributed by atoms with Crippen molar-refractivity contribution in [1.29, 1.82) is 0 Å². The molecule has 1 aliphatic carbocycles. The molecular weight excluding hydrogens is 239 g/mol. The first kappa shape index (κ1) is 11.8. The Morgan fingerprint density at radius 3 is 1.71 bits per heavy atom. The molecule has 0 N–H and O–H groups in total. The maximum absolute atomic E-state index is 13.4. The highest BCUT2D eigenvalue weighted by molar-refractivity contribution is 5.77. The van der Waals surface area contributed by atoms with Gasteiger partial charge in [-0.05, 0) is 11.5 Å². The second kappa shape index (κ2) is 3.98. The van der Waals surface area contributed by atoms with Crippen LogP contribution < -0.4 is 0 Å². The lowest BCUT2D eigenvalue weighted by Crippen LogP contribution is -2.05. The molecule has 1 unspecified atom stereocenters. The van der Waals surface area contributed by atoms with Gasteiger partial charge in [-0.3, -0.25) is 0 Å². The van der Waals surface area contributed by atoms with Gasteiger partial charge < -0.3 is 0 Å². The van der Waals surface area contributed by atoms with Crippen LogP contribution >= 0.6 is 0 Å². The molecule has 0 spiro atoms. The molecule has 1 atom stereocenters. The number of hydrogen-bond donors (Lipinski definition) is 0. The zero-order chi connectivity index (χ0) is 12.7. The third-order valence-corrected chi connectivity index (χ3v) is 2.52. The summed E-state index contributed by atoms with van der Waals surface area (Å²) in [6.07, 6.45) is 4.37. The molecule has 0 bridgehead atoms. The Morgan fingerprint density at radius 1 is 0.824 bits per heavy atom. The lowest BCUT2D eigenvalue weighted by Gasteiger charge is -2.07. The quantitative estimate of drug-likeness (QED) is 0.399. The summed E-state index contributed by atoms with van der Waals surface area (Å²) in [6.45, 7) is 1.73. The molecule has 0 saturated heterocycles. The molecule has 0 amide bonds. The fourth-order valence-corrected chi connectivity index (χ4v) is 1.67. The molecule has 0 aromatic heterocycles. The second-order valence-electron chi connectivity index (χ2n) is 3.79. The van der Waals surface area contributed by atoms with Crippen molar-refractivity contribution in [2.75, 3.05) is 0 Å². The van der Waals surface area contributed by atoms with E-state index in [9.17, 15) is 22.0 Å². The van der Waals surface area contributed by atoms with E-state index in [1.807, 2.05) is 0 Å².